The molecule has 0 amide bonds. The minimum atomic E-state index is 0.315. The third kappa shape index (κ3) is 2.26. The molecule has 0 bridgehead atoms. The van der Waals surface area contributed by atoms with Gasteiger partial charge in [0.25, 0.3) is 0 Å². The average Bonchev–Trinajstić information content (AvgIpc) is 3.07. The van der Waals surface area contributed by atoms with Crippen molar-refractivity contribution in [3.8, 4) is 11.5 Å². The summed E-state index contributed by atoms with van der Waals surface area (Å²) in [7, 11) is 0. The number of rotatable bonds is 3. The molecule has 5 nitrogen and oxygen atoms in total. The van der Waals surface area contributed by atoms with Gasteiger partial charge >= 0.3 is 0 Å². The Morgan fingerprint density at radius 1 is 1.42 bits per heavy atom. The number of pyridine rings is 1. The molecule has 0 aliphatic heterocycles. The number of aryl methyl sites for hydroxylation is 1. The summed E-state index contributed by atoms with van der Waals surface area (Å²) >= 11 is 0. The van der Waals surface area contributed by atoms with Crippen LogP contribution in [0.2, 0.25) is 0 Å². The topological polar surface area (TPSA) is 77.8 Å². The molecule has 2 unspecified atom stereocenters. The summed E-state index contributed by atoms with van der Waals surface area (Å²) in [5, 5.41) is 4.07. The molecule has 19 heavy (non-hydrogen) atoms. The molecule has 5 heteroatoms. The first kappa shape index (κ1) is 12.3. The molecular weight excluding hydrogens is 240 g/mol. The van der Waals surface area contributed by atoms with Crippen molar-refractivity contribution < 1.29 is 4.52 Å². The van der Waals surface area contributed by atoms with Crippen molar-refractivity contribution in [1.29, 1.82) is 0 Å². The van der Waals surface area contributed by atoms with E-state index < -0.39 is 0 Å². The molecule has 2 N–H and O–H groups in total. The van der Waals surface area contributed by atoms with Gasteiger partial charge < -0.3 is 10.3 Å². The standard InChI is InChI=1S/C14H18N4O/c1-9-4-3-7-16-12(9)13-17-14(19-18-13)11-6-2-5-10(11)8-15/h3-4,7,10-11H,2,5-6,8,15H2,1H3. The van der Waals surface area contributed by atoms with Crippen molar-refractivity contribution in [2.75, 3.05) is 6.54 Å². The zero-order valence-corrected chi connectivity index (χ0v) is 11.0. The lowest BCUT2D eigenvalue weighted by atomic mass is 9.96. The predicted molar refractivity (Wildman–Crippen MR) is 71.4 cm³/mol. The van der Waals surface area contributed by atoms with E-state index in [0.717, 1.165) is 24.1 Å². The van der Waals surface area contributed by atoms with Crippen molar-refractivity contribution in [3.05, 3.63) is 29.8 Å². The van der Waals surface area contributed by atoms with Gasteiger partial charge in [-0.1, -0.05) is 17.6 Å². The zero-order valence-electron chi connectivity index (χ0n) is 11.0. The molecule has 0 spiro atoms. The Bertz CT molecular complexity index is 566. The van der Waals surface area contributed by atoms with E-state index >= 15 is 0 Å². The van der Waals surface area contributed by atoms with E-state index in [1.165, 1.54) is 6.42 Å². The number of nitrogens with two attached hydrogens (primary N) is 1. The third-order valence-corrected chi connectivity index (χ3v) is 3.94. The SMILES string of the molecule is Cc1cccnc1-c1noc(C2CCCC2CN)n1. The van der Waals surface area contributed by atoms with E-state index in [1.807, 2.05) is 19.1 Å². The molecule has 1 saturated carbocycles. The summed E-state index contributed by atoms with van der Waals surface area (Å²) in [6, 6.07) is 3.90. The molecule has 2 atom stereocenters. The van der Waals surface area contributed by atoms with Gasteiger partial charge in [0.1, 0.15) is 5.69 Å². The quantitative estimate of drug-likeness (QED) is 0.913. The van der Waals surface area contributed by atoms with Crippen LogP contribution >= 0.6 is 0 Å². The van der Waals surface area contributed by atoms with Crippen molar-refractivity contribution in [2.45, 2.75) is 32.1 Å². The van der Waals surface area contributed by atoms with Crippen molar-refractivity contribution in [2.24, 2.45) is 11.7 Å². The van der Waals surface area contributed by atoms with Gasteiger partial charge in [-0.05, 0) is 43.9 Å². The van der Waals surface area contributed by atoms with Gasteiger partial charge in [0.05, 0.1) is 0 Å². The monoisotopic (exact) mass is 258 g/mol. The van der Waals surface area contributed by atoms with Gasteiger partial charge in [0.2, 0.25) is 11.7 Å². The average molecular weight is 258 g/mol. The Morgan fingerprint density at radius 3 is 3.11 bits per heavy atom. The molecule has 0 radical (unpaired) electrons. The van der Waals surface area contributed by atoms with Crippen molar-refractivity contribution >= 4 is 0 Å². The Labute approximate surface area is 112 Å². The Balaban J connectivity index is 1.90. The molecule has 0 saturated heterocycles. The molecule has 100 valence electrons. The van der Waals surface area contributed by atoms with Gasteiger partial charge in [-0.15, -0.1) is 0 Å². The van der Waals surface area contributed by atoms with Crippen LogP contribution in [0.25, 0.3) is 11.5 Å². The summed E-state index contributed by atoms with van der Waals surface area (Å²) in [6.07, 6.45) is 5.18. The maximum Gasteiger partial charge on any atom is 0.230 e. The minimum absolute atomic E-state index is 0.315. The fourth-order valence-electron chi connectivity index (χ4n) is 2.85. The van der Waals surface area contributed by atoms with Gasteiger partial charge in [-0.25, -0.2) is 0 Å². The number of hydrogen-bond donors (Lipinski definition) is 1. The molecule has 2 aromatic rings. The van der Waals surface area contributed by atoms with E-state index in [9.17, 15) is 0 Å². The first-order valence-corrected chi connectivity index (χ1v) is 6.75. The molecule has 0 aromatic carbocycles. The predicted octanol–water partition coefficient (Wildman–Crippen LogP) is 2.28. The van der Waals surface area contributed by atoms with Gasteiger partial charge in [0, 0.05) is 12.1 Å². The maximum absolute atomic E-state index is 5.80. The molecule has 2 aromatic heterocycles. The van der Waals surface area contributed by atoms with Gasteiger partial charge in [0.15, 0.2) is 0 Å². The van der Waals surface area contributed by atoms with Crippen LogP contribution in [0.1, 0.15) is 36.6 Å². The number of aromatic nitrogens is 3. The first-order valence-electron chi connectivity index (χ1n) is 6.75. The van der Waals surface area contributed by atoms with E-state index in [4.69, 9.17) is 10.3 Å². The fourth-order valence-corrected chi connectivity index (χ4v) is 2.85. The van der Waals surface area contributed by atoms with Crippen LogP contribution in [0.4, 0.5) is 0 Å². The summed E-state index contributed by atoms with van der Waals surface area (Å²) in [5.74, 6) is 2.08. The normalized spacial score (nSPS) is 22.8. The van der Waals surface area contributed by atoms with Crippen LogP contribution < -0.4 is 5.73 Å². The summed E-state index contributed by atoms with van der Waals surface area (Å²) < 4.78 is 5.43. The van der Waals surface area contributed by atoms with E-state index in [1.54, 1.807) is 6.20 Å². The number of nitrogens with zero attached hydrogens (tertiary/aromatic N) is 3. The lowest BCUT2D eigenvalue weighted by molar-refractivity contribution is 0.326. The van der Waals surface area contributed by atoms with Gasteiger partial charge in [-0.3, -0.25) is 4.98 Å². The van der Waals surface area contributed by atoms with Crippen LogP contribution in [0.3, 0.4) is 0 Å². The van der Waals surface area contributed by atoms with E-state index in [0.29, 0.717) is 30.1 Å². The lowest BCUT2D eigenvalue weighted by Gasteiger charge is -2.12. The van der Waals surface area contributed by atoms with E-state index in [2.05, 4.69) is 15.1 Å². The highest BCUT2D eigenvalue weighted by atomic mass is 16.5. The summed E-state index contributed by atoms with van der Waals surface area (Å²) in [6.45, 7) is 2.68. The van der Waals surface area contributed by atoms with Crippen LogP contribution in [0.15, 0.2) is 22.9 Å². The van der Waals surface area contributed by atoms with Crippen molar-refractivity contribution in [1.82, 2.24) is 15.1 Å². The Kier molecular flexibility index (Phi) is 3.29. The minimum Gasteiger partial charge on any atom is -0.339 e. The summed E-state index contributed by atoms with van der Waals surface area (Å²) in [5.41, 5.74) is 7.65. The van der Waals surface area contributed by atoms with Crippen LogP contribution in [0.5, 0.6) is 0 Å². The smallest absolute Gasteiger partial charge is 0.230 e. The van der Waals surface area contributed by atoms with E-state index in [-0.39, 0.29) is 0 Å². The maximum atomic E-state index is 5.80. The third-order valence-electron chi connectivity index (χ3n) is 3.94. The lowest BCUT2D eigenvalue weighted by Crippen LogP contribution is -2.17. The van der Waals surface area contributed by atoms with Crippen LogP contribution in [0, 0.1) is 12.8 Å². The second kappa shape index (κ2) is 5.09. The highest BCUT2D eigenvalue weighted by Gasteiger charge is 2.32. The highest BCUT2D eigenvalue weighted by Crippen LogP contribution is 2.38. The largest absolute Gasteiger partial charge is 0.339 e. The molecule has 1 fully saturated rings. The second-order valence-electron chi connectivity index (χ2n) is 5.16. The highest BCUT2D eigenvalue weighted by molar-refractivity contribution is 5.53. The Hall–Kier alpha value is -1.75. The first-order chi connectivity index (χ1) is 9.29. The molecule has 2 heterocycles. The zero-order chi connectivity index (χ0) is 13.2. The number of hydrogen-bond acceptors (Lipinski definition) is 5. The fraction of sp³-hybridized carbons (Fsp3) is 0.500. The second-order valence-corrected chi connectivity index (χ2v) is 5.16. The molecule has 1 aliphatic carbocycles. The molecular formula is C14H18N4O. The molecule has 1 aliphatic rings. The van der Waals surface area contributed by atoms with Gasteiger partial charge in [-0.2, -0.15) is 4.98 Å². The summed E-state index contributed by atoms with van der Waals surface area (Å²) in [4.78, 5) is 8.84. The Morgan fingerprint density at radius 2 is 2.32 bits per heavy atom. The van der Waals surface area contributed by atoms with Crippen molar-refractivity contribution in [3.63, 3.8) is 0 Å². The molecule has 3 rings (SSSR count). The van der Waals surface area contributed by atoms with Crippen LogP contribution in [-0.4, -0.2) is 21.7 Å². The van der Waals surface area contributed by atoms with Crippen LogP contribution in [-0.2, 0) is 0 Å².